The highest BCUT2D eigenvalue weighted by Gasteiger charge is 2.20. The molecule has 1 saturated carbocycles. The molecule has 5 rings (SSSR count). The monoisotopic (exact) mass is 415 g/mol. The first kappa shape index (κ1) is 19.4. The third kappa shape index (κ3) is 4.17. The van der Waals surface area contributed by atoms with Gasteiger partial charge in [-0.25, -0.2) is 24.9 Å². The van der Waals surface area contributed by atoms with Crippen molar-refractivity contribution in [2.24, 2.45) is 5.73 Å². The lowest BCUT2D eigenvalue weighted by molar-refractivity contribution is 0.410. The van der Waals surface area contributed by atoms with Crippen LogP contribution in [0.15, 0.2) is 49.4 Å². The van der Waals surface area contributed by atoms with E-state index in [4.69, 9.17) is 10.7 Å². The molecular weight excluding hydrogens is 390 g/mol. The van der Waals surface area contributed by atoms with Gasteiger partial charge in [-0.05, 0) is 44.2 Å². The van der Waals surface area contributed by atoms with E-state index in [9.17, 15) is 0 Å². The van der Waals surface area contributed by atoms with Crippen LogP contribution < -0.4 is 16.4 Å². The van der Waals surface area contributed by atoms with Crippen molar-refractivity contribution in [3.05, 3.63) is 55.0 Å². The fourth-order valence-corrected chi connectivity index (χ4v) is 3.98. The van der Waals surface area contributed by atoms with Crippen LogP contribution in [0, 0.1) is 6.92 Å². The molecule has 1 fully saturated rings. The first-order chi connectivity index (χ1) is 15.2. The number of nitrogens with one attached hydrogen (secondary N) is 2. The molecule has 4 aromatic rings. The normalized spacial score (nSPS) is 18.8. The standard InChI is InChI=1S/C22H25N9/c1-14-9-27-22(29-16-4-2-15(23)3-5-16)30-21(14)19-12-26-20-8-17(6-7-31(19)20)28-18-10-24-13-25-11-18/h6-13,15-16,28H,2-5,23H2,1H3,(H,27,29,30). The second kappa shape index (κ2) is 8.27. The molecule has 158 valence electrons. The smallest absolute Gasteiger partial charge is 0.223 e. The van der Waals surface area contributed by atoms with Gasteiger partial charge in [0.2, 0.25) is 5.95 Å². The van der Waals surface area contributed by atoms with E-state index in [2.05, 4.69) is 30.6 Å². The van der Waals surface area contributed by atoms with Crippen molar-refractivity contribution in [2.75, 3.05) is 10.6 Å². The maximum atomic E-state index is 6.03. The van der Waals surface area contributed by atoms with Crippen LogP contribution in [0.2, 0.25) is 0 Å². The van der Waals surface area contributed by atoms with Crippen molar-refractivity contribution in [3.63, 3.8) is 0 Å². The van der Waals surface area contributed by atoms with Crippen molar-refractivity contribution in [1.82, 2.24) is 29.3 Å². The van der Waals surface area contributed by atoms with Gasteiger partial charge in [0.1, 0.15) is 12.0 Å². The van der Waals surface area contributed by atoms with Gasteiger partial charge in [0.15, 0.2) is 0 Å². The summed E-state index contributed by atoms with van der Waals surface area (Å²) in [4.78, 5) is 22.0. The number of hydrogen-bond acceptors (Lipinski definition) is 8. The molecule has 4 heterocycles. The number of nitrogens with zero attached hydrogens (tertiary/aromatic N) is 6. The van der Waals surface area contributed by atoms with Gasteiger partial charge in [-0.1, -0.05) is 0 Å². The molecule has 4 N–H and O–H groups in total. The lowest BCUT2D eigenvalue weighted by atomic mass is 9.92. The highest BCUT2D eigenvalue weighted by atomic mass is 15.1. The summed E-state index contributed by atoms with van der Waals surface area (Å²) in [6.07, 6.45) is 14.8. The minimum Gasteiger partial charge on any atom is -0.353 e. The Kier molecular flexibility index (Phi) is 5.17. The summed E-state index contributed by atoms with van der Waals surface area (Å²) in [5, 5.41) is 6.78. The van der Waals surface area contributed by atoms with Gasteiger partial charge in [0, 0.05) is 36.2 Å². The van der Waals surface area contributed by atoms with E-state index in [-0.39, 0.29) is 0 Å². The first-order valence-corrected chi connectivity index (χ1v) is 10.5. The van der Waals surface area contributed by atoms with E-state index in [1.54, 1.807) is 12.4 Å². The Hall–Kier alpha value is -3.59. The summed E-state index contributed by atoms with van der Waals surface area (Å²) in [5.41, 5.74) is 11.4. The first-order valence-electron chi connectivity index (χ1n) is 10.5. The van der Waals surface area contributed by atoms with Crippen LogP contribution in [0.5, 0.6) is 0 Å². The van der Waals surface area contributed by atoms with E-state index in [1.807, 2.05) is 42.0 Å². The Bertz CT molecular complexity index is 1180. The maximum Gasteiger partial charge on any atom is 0.223 e. The lowest BCUT2D eigenvalue weighted by Crippen LogP contribution is -2.33. The molecule has 0 aliphatic heterocycles. The zero-order valence-electron chi connectivity index (χ0n) is 17.4. The van der Waals surface area contributed by atoms with Gasteiger partial charge in [0.05, 0.1) is 35.7 Å². The highest BCUT2D eigenvalue weighted by molar-refractivity contribution is 5.68. The van der Waals surface area contributed by atoms with Crippen LogP contribution in [-0.2, 0) is 0 Å². The SMILES string of the molecule is Cc1cnc(NC2CCC(N)CC2)nc1-c1cnc2cc(Nc3cncnc3)ccn12. The van der Waals surface area contributed by atoms with E-state index in [1.165, 1.54) is 6.33 Å². The van der Waals surface area contributed by atoms with Gasteiger partial charge < -0.3 is 16.4 Å². The molecule has 0 unspecified atom stereocenters. The zero-order valence-corrected chi connectivity index (χ0v) is 17.4. The van der Waals surface area contributed by atoms with Gasteiger partial charge in [0.25, 0.3) is 0 Å². The Morgan fingerprint density at radius 1 is 1.00 bits per heavy atom. The number of hydrogen-bond donors (Lipinski definition) is 3. The van der Waals surface area contributed by atoms with Gasteiger partial charge in [-0.3, -0.25) is 4.40 Å². The number of fused-ring (bicyclic) bond motifs is 1. The Morgan fingerprint density at radius 3 is 2.61 bits per heavy atom. The number of imidazole rings is 1. The molecule has 1 aliphatic rings. The number of nitrogens with two attached hydrogens (primary N) is 1. The fraction of sp³-hybridized carbons (Fsp3) is 0.318. The largest absolute Gasteiger partial charge is 0.353 e. The zero-order chi connectivity index (χ0) is 21.2. The van der Waals surface area contributed by atoms with Crippen LogP contribution in [0.1, 0.15) is 31.2 Å². The Labute approximate surface area is 180 Å². The predicted molar refractivity (Wildman–Crippen MR) is 120 cm³/mol. The molecule has 1 aliphatic carbocycles. The van der Waals surface area contributed by atoms with Crippen molar-refractivity contribution < 1.29 is 0 Å². The number of rotatable bonds is 5. The predicted octanol–water partition coefficient (Wildman–Crippen LogP) is 3.32. The van der Waals surface area contributed by atoms with Crippen LogP contribution in [0.3, 0.4) is 0 Å². The number of pyridine rings is 1. The summed E-state index contributed by atoms with van der Waals surface area (Å²) in [5.74, 6) is 0.651. The highest BCUT2D eigenvalue weighted by Crippen LogP contribution is 2.26. The summed E-state index contributed by atoms with van der Waals surface area (Å²) in [7, 11) is 0. The average molecular weight is 416 g/mol. The fourth-order valence-electron chi connectivity index (χ4n) is 3.98. The van der Waals surface area contributed by atoms with Crippen LogP contribution in [0.4, 0.5) is 17.3 Å². The number of aryl methyl sites for hydroxylation is 1. The van der Waals surface area contributed by atoms with Gasteiger partial charge >= 0.3 is 0 Å². The third-order valence-corrected chi connectivity index (χ3v) is 5.68. The van der Waals surface area contributed by atoms with Crippen LogP contribution in [0.25, 0.3) is 17.0 Å². The Morgan fingerprint density at radius 2 is 1.81 bits per heavy atom. The molecule has 0 spiro atoms. The number of anilines is 3. The van der Waals surface area contributed by atoms with E-state index >= 15 is 0 Å². The van der Waals surface area contributed by atoms with Gasteiger partial charge in [-0.2, -0.15) is 0 Å². The molecule has 0 bridgehead atoms. The summed E-state index contributed by atoms with van der Waals surface area (Å²) < 4.78 is 2.03. The summed E-state index contributed by atoms with van der Waals surface area (Å²) in [6.45, 7) is 2.02. The molecule has 0 aromatic carbocycles. The molecule has 0 atom stereocenters. The average Bonchev–Trinajstić information content (AvgIpc) is 3.20. The third-order valence-electron chi connectivity index (χ3n) is 5.68. The molecule has 31 heavy (non-hydrogen) atoms. The molecular formula is C22H25N9. The van der Waals surface area contributed by atoms with Crippen LogP contribution >= 0.6 is 0 Å². The number of aromatic nitrogens is 6. The molecule has 9 nitrogen and oxygen atoms in total. The molecule has 0 radical (unpaired) electrons. The maximum absolute atomic E-state index is 6.03. The molecule has 9 heteroatoms. The Balaban J connectivity index is 1.41. The van der Waals surface area contributed by atoms with Gasteiger partial charge in [-0.15, -0.1) is 0 Å². The van der Waals surface area contributed by atoms with Crippen molar-refractivity contribution >= 4 is 23.0 Å². The van der Waals surface area contributed by atoms with E-state index in [0.717, 1.165) is 59.7 Å². The van der Waals surface area contributed by atoms with E-state index in [0.29, 0.717) is 18.0 Å². The van der Waals surface area contributed by atoms with Crippen LogP contribution in [-0.4, -0.2) is 41.4 Å². The van der Waals surface area contributed by atoms with E-state index < -0.39 is 0 Å². The quantitative estimate of drug-likeness (QED) is 0.454. The molecule has 0 saturated heterocycles. The lowest BCUT2D eigenvalue weighted by Gasteiger charge is -2.26. The molecule has 0 amide bonds. The minimum atomic E-state index is 0.319. The summed E-state index contributed by atoms with van der Waals surface area (Å²) in [6, 6.07) is 4.66. The second-order valence-corrected chi connectivity index (χ2v) is 8.02. The summed E-state index contributed by atoms with van der Waals surface area (Å²) >= 11 is 0. The van der Waals surface area contributed by atoms with Crippen molar-refractivity contribution in [1.29, 1.82) is 0 Å². The second-order valence-electron chi connectivity index (χ2n) is 8.02. The van der Waals surface area contributed by atoms with Crippen molar-refractivity contribution in [2.45, 2.75) is 44.7 Å². The van der Waals surface area contributed by atoms with Crippen molar-refractivity contribution in [3.8, 4) is 11.4 Å². The minimum absolute atomic E-state index is 0.319. The molecule has 4 aromatic heterocycles. The topological polar surface area (TPSA) is 119 Å².